The summed E-state index contributed by atoms with van der Waals surface area (Å²) in [5.41, 5.74) is 2.28. The second-order valence-electron chi connectivity index (χ2n) is 4.46. The van der Waals surface area contributed by atoms with Crippen LogP contribution in [0.2, 0.25) is 0 Å². The lowest BCUT2D eigenvalue weighted by Crippen LogP contribution is -2.33. The van der Waals surface area contributed by atoms with E-state index in [9.17, 15) is 13.2 Å². The first-order chi connectivity index (χ1) is 8.30. The number of rotatable bonds is 1. The molecule has 18 heavy (non-hydrogen) atoms. The highest BCUT2D eigenvalue weighted by Crippen LogP contribution is 2.33. The molecule has 0 radical (unpaired) electrons. The molecule has 1 aliphatic heterocycles. The van der Waals surface area contributed by atoms with Crippen LogP contribution in [0, 0.1) is 6.92 Å². The highest BCUT2D eigenvalue weighted by atomic mass is 35.7. The van der Waals surface area contributed by atoms with Gasteiger partial charge >= 0.3 is 0 Å². The number of anilines is 1. The zero-order valence-corrected chi connectivity index (χ0v) is 11.8. The largest absolute Gasteiger partial charge is 0.312 e. The van der Waals surface area contributed by atoms with E-state index >= 15 is 0 Å². The van der Waals surface area contributed by atoms with Gasteiger partial charge in [-0.1, -0.05) is 6.07 Å². The van der Waals surface area contributed by atoms with Crippen LogP contribution in [0.4, 0.5) is 5.69 Å². The topological polar surface area (TPSA) is 54.5 Å². The molecular weight excluding hydrogens is 274 g/mol. The van der Waals surface area contributed by atoms with Crippen molar-refractivity contribution in [3.8, 4) is 0 Å². The fraction of sp³-hybridized carbons (Fsp3) is 0.417. The predicted molar refractivity (Wildman–Crippen MR) is 70.6 cm³/mol. The summed E-state index contributed by atoms with van der Waals surface area (Å²) < 4.78 is 23.0. The Morgan fingerprint density at radius 1 is 1.39 bits per heavy atom. The summed E-state index contributed by atoms with van der Waals surface area (Å²) in [7, 11) is 1.62. The predicted octanol–water partition coefficient (Wildman–Crippen LogP) is 2.22. The Morgan fingerprint density at radius 2 is 2.06 bits per heavy atom. The van der Waals surface area contributed by atoms with Gasteiger partial charge < -0.3 is 4.90 Å². The highest BCUT2D eigenvalue weighted by Gasteiger charge is 2.24. The Kier molecular flexibility index (Phi) is 3.38. The van der Waals surface area contributed by atoms with Crippen LogP contribution in [-0.2, 0) is 20.3 Å². The van der Waals surface area contributed by atoms with Crippen LogP contribution in [0.5, 0.6) is 0 Å². The number of halogens is 1. The lowest BCUT2D eigenvalue weighted by molar-refractivity contribution is -0.116. The molecule has 0 spiro atoms. The van der Waals surface area contributed by atoms with Crippen molar-refractivity contribution in [3.05, 3.63) is 23.3 Å². The van der Waals surface area contributed by atoms with E-state index in [1.54, 1.807) is 17.9 Å². The molecule has 6 heteroatoms. The lowest BCUT2D eigenvalue weighted by Gasteiger charge is -2.29. The molecule has 1 aromatic carbocycles. The van der Waals surface area contributed by atoms with Crippen molar-refractivity contribution in [2.24, 2.45) is 0 Å². The molecule has 0 saturated carbocycles. The molecule has 2 rings (SSSR count). The van der Waals surface area contributed by atoms with Gasteiger partial charge in [-0.05, 0) is 37.0 Å². The smallest absolute Gasteiger partial charge is 0.261 e. The van der Waals surface area contributed by atoms with Crippen molar-refractivity contribution in [2.45, 2.75) is 31.6 Å². The van der Waals surface area contributed by atoms with Crippen molar-refractivity contribution >= 4 is 31.3 Å². The summed E-state index contributed by atoms with van der Waals surface area (Å²) in [6, 6.07) is 3.31. The Hall–Kier alpha value is -1.07. The third kappa shape index (κ3) is 2.37. The van der Waals surface area contributed by atoms with Gasteiger partial charge in [0, 0.05) is 29.8 Å². The molecule has 98 valence electrons. The van der Waals surface area contributed by atoms with Crippen LogP contribution in [0.1, 0.15) is 24.5 Å². The summed E-state index contributed by atoms with van der Waals surface area (Å²) >= 11 is 0. The Labute approximate surface area is 111 Å². The monoisotopic (exact) mass is 287 g/mol. The fourth-order valence-corrected chi connectivity index (χ4v) is 3.52. The Balaban J connectivity index is 2.64. The summed E-state index contributed by atoms with van der Waals surface area (Å²) in [6.45, 7) is 3.80. The van der Waals surface area contributed by atoms with Gasteiger partial charge in [-0.2, -0.15) is 0 Å². The third-order valence-corrected chi connectivity index (χ3v) is 4.60. The van der Waals surface area contributed by atoms with E-state index in [1.165, 1.54) is 13.0 Å². The first-order valence-electron chi connectivity index (χ1n) is 5.67. The van der Waals surface area contributed by atoms with Crippen LogP contribution < -0.4 is 4.90 Å². The summed E-state index contributed by atoms with van der Waals surface area (Å²) in [4.78, 5) is 13.2. The molecule has 1 heterocycles. The van der Waals surface area contributed by atoms with Crippen LogP contribution in [0.15, 0.2) is 17.0 Å². The number of amides is 1. The minimum Gasteiger partial charge on any atom is -0.312 e. The molecule has 0 fully saturated rings. The zero-order chi connectivity index (χ0) is 13.5. The van der Waals surface area contributed by atoms with Gasteiger partial charge in [0.15, 0.2) is 0 Å². The van der Waals surface area contributed by atoms with E-state index in [4.69, 9.17) is 10.7 Å². The fourth-order valence-electron chi connectivity index (χ4n) is 2.33. The third-order valence-electron chi connectivity index (χ3n) is 3.14. The van der Waals surface area contributed by atoms with Crippen LogP contribution in [0.25, 0.3) is 0 Å². The number of hydrogen-bond donors (Lipinski definition) is 0. The maximum atomic E-state index is 11.6. The maximum absolute atomic E-state index is 11.6. The summed E-state index contributed by atoms with van der Waals surface area (Å²) in [6.07, 6.45) is 1.74. The average molecular weight is 288 g/mol. The van der Waals surface area contributed by atoms with Crippen molar-refractivity contribution in [3.63, 3.8) is 0 Å². The SMILES string of the molecule is CC(=O)N1CCCc2cc(C)c(S(=O)(=O)Cl)cc21. The number of aryl methyl sites for hydroxylation is 2. The minimum absolute atomic E-state index is 0.0797. The van der Waals surface area contributed by atoms with E-state index in [1.807, 2.05) is 0 Å². The number of carbonyl (C=O) groups is 1. The first-order valence-corrected chi connectivity index (χ1v) is 7.98. The van der Waals surface area contributed by atoms with Crippen LogP contribution in [0.3, 0.4) is 0 Å². The maximum Gasteiger partial charge on any atom is 0.261 e. The minimum atomic E-state index is -3.78. The molecule has 1 aromatic rings. The van der Waals surface area contributed by atoms with Crippen LogP contribution >= 0.6 is 10.7 Å². The van der Waals surface area contributed by atoms with E-state index in [0.29, 0.717) is 17.8 Å². The van der Waals surface area contributed by atoms with Gasteiger partial charge in [0.1, 0.15) is 0 Å². The molecule has 0 unspecified atom stereocenters. The molecule has 0 bridgehead atoms. The standard InChI is InChI=1S/C12H14ClNO3S/c1-8-6-10-4-3-5-14(9(2)15)11(10)7-12(8)18(13,16)17/h6-7H,3-5H2,1-2H3. The normalized spacial score (nSPS) is 15.4. The number of fused-ring (bicyclic) bond motifs is 1. The number of carbonyl (C=O) groups excluding carboxylic acids is 1. The van der Waals surface area contributed by atoms with E-state index < -0.39 is 9.05 Å². The van der Waals surface area contributed by atoms with Gasteiger partial charge in [-0.25, -0.2) is 8.42 Å². The van der Waals surface area contributed by atoms with E-state index in [-0.39, 0.29) is 10.8 Å². The molecule has 0 atom stereocenters. The van der Waals surface area contributed by atoms with Gasteiger partial charge in [-0.15, -0.1) is 0 Å². The quantitative estimate of drug-likeness (QED) is 0.744. The van der Waals surface area contributed by atoms with Gasteiger partial charge in [-0.3, -0.25) is 4.79 Å². The second kappa shape index (κ2) is 4.55. The molecular formula is C12H14ClNO3S. The highest BCUT2D eigenvalue weighted by molar-refractivity contribution is 8.13. The molecule has 1 amide bonds. The molecule has 4 nitrogen and oxygen atoms in total. The van der Waals surface area contributed by atoms with Crippen molar-refractivity contribution in [1.29, 1.82) is 0 Å². The van der Waals surface area contributed by atoms with Gasteiger partial charge in [0.2, 0.25) is 5.91 Å². The second-order valence-corrected chi connectivity index (χ2v) is 6.99. The average Bonchev–Trinajstić information content (AvgIpc) is 2.25. The molecule has 0 saturated heterocycles. The zero-order valence-electron chi connectivity index (χ0n) is 10.2. The van der Waals surface area contributed by atoms with Crippen LogP contribution in [-0.4, -0.2) is 20.9 Å². The first kappa shape index (κ1) is 13.4. The molecule has 0 aromatic heterocycles. The molecule has 1 aliphatic rings. The molecule has 0 N–H and O–H groups in total. The summed E-state index contributed by atoms with van der Waals surface area (Å²) in [5.74, 6) is -0.0854. The number of nitrogens with zero attached hydrogens (tertiary/aromatic N) is 1. The van der Waals surface area contributed by atoms with E-state index in [0.717, 1.165) is 18.4 Å². The van der Waals surface area contributed by atoms with Gasteiger partial charge in [0.05, 0.1) is 4.90 Å². The van der Waals surface area contributed by atoms with Gasteiger partial charge in [0.25, 0.3) is 9.05 Å². The summed E-state index contributed by atoms with van der Waals surface area (Å²) in [5, 5.41) is 0. The van der Waals surface area contributed by atoms with Crippen molar-refractivity contribution in [2.75, 3.05) is 11.4 Å². The van der Waals surface area contributed by atoms with Crippen molar-refractivity contribution in [1.82, 2.24) is 0 Å². The molecule has 0 aliphatic carbocycles. The lowest BCUT2D eigenvalue weighted by atomic mass is 9.99. The number of hydrogen-bond acceptors (Lipinski definition) is 3. The Morgan fingerprint density at radius 3 is 2.61 bits per heavy atom. The number of benzene rings is 1. The van der Waals surface area contributed by atoms with Crippen molar-refractivity contribution < 1.29 is 13.2 Å². The van der Waals surface area contributed by atoms with E-state index in [2.05, 4.69) is 0 Å². The Bertz CT molecular complexity index is 610.